The number of nitrogens with zero attached hydrogens (tertiary/aromatic N) is 6. The number of amides is 1. The average Bonchev–Trinajstić information content (AvgIpc) is 3.83. The van der Waals surface area contributed by atoms with Crippen LogP contribution in [0.25, 0.3) is 0 Å². The van der Waals surface area contributed by atoms with E-state index in [0.29, 0.717) is 37.5 Å². The second-order valence-electron chi connectivity index (χ2n) is 12.8. The zero-order chi connectivity index (χ0) is 29.8. The molecule has 2 bridgehead atoms. The maximum Gasteiger partial charge on any atom is 0.226 e. The summed E-state index contributed by atoms with van der Waals surface area (Å²) in [6, 6.07) is 8.48. The summed E-state index contributed by atoms with van der Waals surface area (Å²) in [5.74, 6) is -1.47. The number of ether oxygens (including phenoxy) is 1. The lowest BCUT2D eigenvalue weighted by molar-refractivity contribution is -0.137. The highest BCUT2D eigenvalue weighted by Crippen LogP contribution is 2.47. The summed E-state index contributed by atoms with van der Waals surface area (Å²) in [6.07, 6.45) is 5.88. The van der Waals surface area contributed by atoms with Crippen molar-refractivity contribution in [2.24, 2.45) is 5.92 Å². The first kappa shape index (κ1) is 28.8. The van der Waals surface area contributed by atoms with Gasteiger partial charge in [-0.15, -0.1) is 5.10 Å². The molecule has 11 heteroatoms. The molecule has 2 aromatic carbocycles. The predicted molar refractivity (Wildman–Crippen MR) is 157 cm³/mol. The number of hydrogen-bond donors (Lipinski definition) is 0. The van der Waals surface area contributed by atoms with Crippen LogP contribution in [0.3, 0.4) is 0 Å². The van der Waals surface area contributed by atoms with E-state index in [1.807, 2.05) is 11.8 Å². The first-order chi connectivity index (χ1) is 20.8. The van der Waals surface area contributed by atoms with Crippen LogP contribution in [-0.4, -0.2) is 80.3 Å². The maximum absolute atomic E-state index is 15.1. The fourth-order valence-corrected chi connectivity index (χ4v) is 8.32. The van der Waals surface area contributed by atoms with E-state index in [-0.39, 0.29) is 41.8 Å². The van der Waals surface area contributed by atoms with Gasteiger partial charge in [0.15, 0.2) is 0 Å². The Kier molecular flexibility index (Phi) is 7.72. The molecule has 6 atom stereocenters. The van der Waals surface area contributed by atoms with Crippen LogP contribution >= 0.6 is 11.6 Å². The number of aromatic nitrogens is 4. The van der Waals surface area contributed by atoms with Crippen molar-refractivity contribution in [1.82, 2.24) is 30.0 Å². The Morgan fingerprint density at radius 1 is 1.07 bits per heavy atom. The number of hydrogen-bond acceptors (Lipinski definition) is 6. The van der Waals surface area contributed by atoms with Crippen LogP contribution < -0.4 is 0 Å². The molecular formula is C32H37ClF2N6O2. The number of carbonyl (C=O) groups is 1. The van der Waals surface area contributed by atoms with Gasteiger partial charge in [-0.2, -0.15) is 0 Å². The molecule has 4 aliphatic rings. The molecule has 0 radical (unpaired) electrons. The third-order valence-corrected chi connectivity index (χ3v) is 10.9. The minimum Gasteiger partial charge on any atom is -0.375 e. The first-order valence-corrected chi connectivity index (χ1v) is 15.8. The molecular weight excluding hydrogens is 574 g/mol. The number of fused-ring (bicyclic) bond motifs is 2. The lowest BCUT2D eigenvalue weighted by Crippen LogP contribution is -2.44. The minimum atomic E-state index is -0.597. The number of likely N-dealkylation sites (tertiary alicyclic amines) is 2. The fourth-order valence-electron chi connectivity index (χ4n) is 8.15. The molecule has 1 aromatic heterocycles. The van der Waals surface area contributed by atoms with E-state index in [1.54, 1.807) is 11.0 Å². The van der Waals surface area contributed by atoms with E-state index >= 15 is 4.39 Å². The van der Waals surface area contributed by atoms with Crippen LogP contribution in [-0.2, 0) is 9.53 Å². The van der Waals surface area contributed by atoms with Crippen molar-refractivity contribution >= 4 is 17.5 Å². The summed E-state index contributed by atoms with van der Waals surface area (Å²) in [4.78, 5) is 18.6. The second kappa shape index (κ2) is 11.5. The highest BCUT2D eigenvalue weighted by atomic mass is 35.5. The number of morpholine rings is 1. The average molecular weight is 611 g/mol. The van der Waals surface area contributed by atoms with Gasteiger partial charge < -0.3 is 9.64 Å². The summed E-state index contributed by atoms with van der Waals surface area (Å²) in [5.41, 5.74) is 3.76. The van der Waals surface area contributed by atoms with E-state index in [9.17, 15) is 9.18 Å². The molecule has 3 aromatic rings. The van der Waals surface area contributed by atoms with Crippen LogP contribution in [0, 0.1) is 24.5 Å². The second-order valence-corrected chi connectivity index (χ2v) is 13.2. The van der Waals surface area contributed by atoms with Crippen LogP contribution in [0.2, 0.25) is 5.02 Å². The van der Waals surface area contributed by atoms with Crippen molar-refractivity contribution < 1.29 is 18.3 Å². The summed E-state index contributed by atoms with van der Waals surface area (Å²) in [5, 5.41) is 12.5. The van der Waals surface area contributed by atoms with Crippen molar-refractivity contribution in [3.63, 3.8) is 0 Å². The third kappa shape index (κ3) is 5.36. The number of benzene rings is 2. The van der Waals surface area contributed by atoms with Gasteiger partial charge >= 0.3 is 0 Å². The number of halogens is 3. The zero-order valence-electron chi connectivity index (χ0n) is 24.5. The van der Waals surface area contributed by atoms with Gasteiger partial charge in [-0.05, 0) is 103 Å². The molecule has 8 nitrogen and oxygen atoms in total. The van der Waals surface area contributed by atoms with Gasteiger partial charge in [0, 0.05) is 48.7 Å². The van der Waals surface area contributed by atoms with Gasteiger partial charge in [-0.1, -0.05) is 23.7 Å². The Morgan fingerprint density at radius 3 is 2.56 bits per heavy atom. The van der Waals surface area contributed by atoms with Crippen molar-refractivity contribution in [2.75, 3.05) is 26.2 Å². The smallest absolute Gasteiger partial charge is 0.226 e. The molecule has 1 saturated carbocycles. The largest absolute Gasteiger partial charge is 0.375 e. The highest BCUT2D eigenvalue weighted by molar-refractivity contribution is 6.31. The lowest BCUT2D eigenvalue weighted by atomic mass is 9.83. The Morgan fingerprint density at radius 2 is 1.88 bits per heavy atom. The van der Waals surface area contributed by atoms with Gasteiger partial charge in [-0.3, -0.25) is 9.69 Å². The maximum atomic E-state index is 15.1. The van der Waals surface area contributed by atoms with Crippen molar-refractivity contribution in [3.05, 3.63) is 75.6 Å². The Balaban J connectivity index is 1.10. The molecule has 1 amide bonds. The first-order valence-electron chi connectivity index (χ1n) is 15.4. The van der Waals surface area contributed by atoms with Crippen molar-refractivity contribution in [3.8, 4) is 0 Å². The molecule has 4 fully saturated rings. The summed E-state index contributed by atoms with van der Waals surface area (Å²) >= 11 is 6.61. The topological polar surface area (TPSA) is 76.4 Å². The number of tetrazole rings is 1. The van der Waals surface area contributed by atoms with Crippen LogP contribution in [0.1, 0.15) is 79.2 Å². The van der Waals surface area contributed by atoms with E-state index in [0.717, 1.165) is 54.6 Å². The van der Waals surface area contributed by atoms with E-state index in [1.165, 1.54) is 17.7 Å². The normalized spacial score (nSPS) is 28.6. The Labute approximate surface area is 255 Å². The molecule has 4 heterocycles. The van der Waals surface area contributed by atoms with E-state index in [4.69, 9.17) is 16.3 Å². The zero-order valence-corrected chi connectivity index (χ0v) is 25.3. The van der Waals surface area contributed by atoms with Gasteiger partial charge in [-0.25, -0.2) is 13.5 Å². The summed E-state index contributed by atoms with van der Waals surface area (Å²) in [6.45, 7) is 6.90. The standard InChI is InChI=1S/C32H37ClF2N6O2/c1-18-9-26(19(2)41-17-36-37-38-41)27(14-30(18)33)20-5-7-39(8-6-20)32(42)29-13-22(40-15-24-11-23(40)16-43-24)12-28(29)25-4-3-21(34)10-31(25)35/h3-4,9-10,14,17,19-20,22-24,28-29H,5-8,11-13,15-16H2,1-2H3/t19-,22?,23-,24-,28?,29-/m1/s1. The SMILES string of the molecule is Cc1cc([C@@H](C)n2cnnn2)c(C2CCN(C(=O)[C@@H]3CC(N4C[C@H]5C[C@@H]4CO5)CC3c3ccc(F)cc3F)CC2)cc1Cl. The van der Waals surface area contributed by atoms with Crippen LogP contribution in [0.4, 0.5) is 8.78 Å². The third-order valence-electron chi connectivity index (χ3n) is 10.5. The van der Waals surface area contributed by atoms with E-state index < -0.39 is 11.6 Å². The Bertz CT molecular complexity index is 1500. The van der Waals surface area contributed by atoms with E-state index in [2.05, 4.69) is 39.5 Å². The lowest BCUT2D eigenvalue weighted by Gasteiger charge is -2.36. The monoisotopic (exact) mass is 610 g/mol. The van der Waals surface area contributed by atoms with Crippen molar-refractivity contribution in [2.45, 2.75) is 82.0 Å². The van der Waals surface area contributed by atoms with Crippen molar-refractivity contribution in [1.29, 1.82) is 0 Å². The predicted octanol–water partition coefficient (Wildman–Crippen LogP) is 5.26. The molecule has 2 unspecified atom stereocenters. The number of aryl methyl sites for hydroxylation is 1. The molecule has 0 spiro atoms. The number of carbonyl (C=O) groups excluding carboxylic acids is 1. The highest BCUT2D eigenvalue weighted by Gasteiger charge is 2.49. The van der Waals surface area contributed by atoms with Gasteiger partial charge in [0.2, 0.25) is 5.91 Å². The summed E-state index contributed by atoms with van der Waals surface area (Å²) < 4.78 is 36.5. The molecule has 43 heavy (non-hydrogen) atoms. The van der Waals surface area contributed by atoms with Gasteiger partial charge in [0.1, 0.15) is 18.0 Å². The minimum absolute atomic E-state index is 0.0614. The number of piperidine rings is 1. The Hall–Kier alpha value is -2.95. The number of rotatable bonds is 6. The molecule has 1 aliphatic carbocycles. The molecule has 7 rings (SSSR count). The van der Waals surface area contributed by atoms with Crippen LogP contribution in [0.5, 0.6) is 0 Å². The summed E-state index contributed by atoms with van der Waals surface area (Å²) in [7, 11) is 0. The molecule has 228 valence electrons. The van der Waals surface area contributed by atoms with Gasteiger partial charge in [0.25, 0.3) is 0 Å². The fraction of sp³-hybridized carbons (Fsp3) is 0.562. The molecule has 3 aliphatic heterocycles. The van der Waals surface area contributed by atoms with Crippen LogP contribution in [0.15, 0.2) is 36.7 Å². The molecule has 3 saturated heterocycles. The molecule has 0 N–H and O–H groups in total. The quantitative estimate of drug-likeness (QED) is 0.379. The van der Waals surface area contributed by atoms with Gasteiger partial charge in [0.05, 0.1) is 18.8 Å².